The zero-order valence-corrected chi connectivity index (χ0v) is 15.4. The molecule has 0 atom stereocenters. The molecule has 0 unspecified atom stereocenters. The number of nitrogens with one attached hydrogen (secondary N) is 1. The summed E-state index contributed by atoms with van der Waals surface area (Å²) >= 11 is 0. The molecule has 1 aromatic heterocycles. The minimum absolute atomic E-state index is 0.145. The first-order valence-electron chi connectivity index (χ1n) is 7.79. The Bertz CT molecular complexity index is 1200. The van der Waals surface area contributed by atoms with Gasteiger partial charge in [-0.2, -0.15) is 13.2 Å². The Labute approximate surface area is 157 Å². The summed E-state index contributed by atoms with van der Waals surface area (Å²) in [5, 5.41) is 0.546. The molecule has 148 valence electrons. The van der Waals surface area contributed by atoms with Crippen molar-refractivity contribution in [2.75, 3.05) is 14.2 Å². The number of fused-ring (bicyclic) bond motifs is 1. The number of methoxy groups -OCH3 is 2. The van der Waals surface area contributed by atoms with E-state index in [1.165, 1.54) is 20.3 Å². The Hall–Kier alpha value is -3.01. The van der Waals surface area contributed by atoms with Crippen molar-refractivity contribution >= 4 is 20.7 Å². The number of sulfone groups is 1. The third-order valence-electron chi connectivity index (χ3n) is 4.13. The third-order valence-corrected chi connectivity index (χ3v) is 5.64. The van der Waals surface area contributed by atoms with E-state index >= 15 is 0 Å². The van der Waals surface area contributed by atoms with Crippen LogP contribution in [0.4, 0.5) is 13.2 Å². The van der Waals surface area contributed by atoms with E-state index in [4.69, 9.17) is 9.47 Å². The van der Waals surface area contributed by atoms with E-state index in [9.17, 15) is 26.4 Å². The van der Waals surface area contributed by atoms with Gasteiger partial charge in [0, 0.05) is 23.1 Å². The molecule has 1 N–H and O–H groups in total. The van der Waals surface area contributed by atoms with E-state index in [-0.39, 0.29) is 11.1 Å². The van der Waals surface area contributed by atoms with Crippen LogP contribution in [0.5, 0.6) is 11.5 Å². The maximum Gasteiger partial charge on any atom is 0.501 e. The molecule has 2 aromatic carbocycles. The largest absolute Gasteiger partial charge is 0.501 e. The molecule has 10 heteroatoms. The van der Waals surface area contributed by atoms with E-state index in [1.54, 1.807) is 12.1 Å². The summed E-state index contributed by atoms with van der Waals surface area (Å²) in [6.45, 7) is 0. The Kier molecular flexibility index (Phi) is 4.84. The third kappa shape index (κ3) is 3.31. The average molecular weight is 413 g/mol. The molecule has 3 rings (SSSR count). The fourth-order valence-electron chi connectivity index (χ4n) is 2.70. The highest BCUT2D eigenvalue weighted by atomic mass is 32.2. The van der Waals surface area contributed by atoms with Crippen LogP contribution in [0.2, 0.25) is 0 Å². The van der Waals surface area contributed by atoms with Crippen LogP contribution in [0.15, 0.2) is 52.2 Å². The van der Waals surface area contributed by atoms with Crippen molar-refractivity contribution in [2.45, 2.75) is 10.4 Å². The molecule has 1 heterocycles. The SMILES string of the molecule is COc1cc(OC)c2cc(-c3ccc(S(=O)(=O)C(F)(F)F)cc3)c(=O)[nH]c2c1. The zero-order valence-electron chi connectivity index (χ0n) is 14.6. The Morgan fingerprint density at radius 3 is 2.14 bits per heavy atom. The van der Waals surface area contributed by atoms with E-state index < -0.39 is 25.8 Å². The molecule has 0 spiro atoms. The first-order valence-corrected chi connectivity index (χ1v) is 9.27. The number of alkyl halides is 3. The maximum atomic E-state index is 12.7. The molecule has 6 nitrogen and oxygen atoms in total. The van der Waals surface area contributed by atoms with Gasteiger partial charge in [0.1, 0.15) is 11.5 Å². The van der Waals surface area contributed by atoms with Crippen molar-refractivity contribution in [3.05, 3.63) is 52.8 Å². The molecule has 0 fully saturated rings. The summed E-state index contributed by atoms with van der Waals surface area (Å²) in [5.74, 6) is 0.887. The minimum atomic E-state index is -5.46. The quantitative estimate of drug-likeness (QED) is 0.708. The highest BCUT2D eigenvalue weighted by molar-refractivity contribution is 7.92. The van der Waals surface area contributed by atoms with Crippen LogP contribution in [0.1, 0.15) is 0 Å². The molecular weight excluding hydrogens is 399 g/mol. The lowest BCUT2D eigenvalue weighted by atomic mass is 10.0. The summed E-state index contributed by atoms with van der Waals surface area (Å²) in [6, 6.07) is 8.64. The van der Waals surface area contributed by atoms with Gasteiger partial charge in [-0.25, -0.2) is 8.42 Å². The van der Waals surface area contributed by atoms with Crippen LogP contribution in [0.25, 0.3) is 22.0 Å². The molecule has 0 aliphatic heterocycles. The van der Waals surface area contributed by atoms with Crippen LogP contribution in [-0.2, 0) is 9.84 Å². The second-order valence-electron chi connectivity index (χ2n) is 5.78. The second-order valence-corrected chi connectivity index (χ2v) is 7.72. The van der Waals surface area contributed by atoms with Crippen molar-refractivity contribution in [1.82, 2.24) is 4.98 Å². The van der Waals surface area contributed by atoms with Crippen LogP contribution in [0, 0.1) is 0 Å². The van der Waals surface area contributed by atoms with Gasteiger partial charge < -0.3 is 14.5 Å². The van der Waals surface area contributed by atoms with Crippen LogP contribution < -0.4 is 15.0 Å². The van der Waals surface area contributed by atoms with Crippen molar-refractivity contribution < 1.29 is 31.1 Å². The van der Waals surface area contributed by atoms with Gasteiger partial charge in [-0.05, 0) is 23.8 Å². The van der Waals surface area contributed by atoms with Gasteiger partial charge in [0.15, 0.2) is 0 Å². The standard InChI is InChI=1S/C18H14F3NO5S/c1-26-11-7-15-14(16(8-11)27-2)9-13(17(23)22-15)10-3-5-12(6-4-10)28(24,25)18(19,20)21/h3-9H,1-2H3,(H,22,23). The summed E-state index contributed by atoms with van der Waals surface area (Å²) < 4.78 is 71.3. The van der Waals surface area contributed by atoms with Gasteiger partial charge in [-0.3, -0.25) is 4.79 Å². The summed E-state index contributed by atoms with van der Waals surface area (Å²) in [4.78, 5) is 14.2. The lowest BCUT2D eigenvalue weighted by Crippen LogP contribution is -2.23. The number of hydrogen-bond donors (Lipinski definition) is 1. The smallest absolute Gasteiger partial charge is 0.497 e. The first-order chi connectivity index (χ1) is 13.1. The van der Waals surface area contributed by atoms with Crippen molar-refractivity contribution in [3.8, 4) is 22.6 Å². The molecule has 0 saturated carbocycles. The fraction of sp³-hybridized carbons (Fsp3) is 0.167. The van der Waals surface area contributed by atoms with Gasteiger partial charge in [-0.1, -0.05) is 12.1 Å². The molecule has 28 heavy (non-hydrogen) atoms. The molecule has 0 amide bonds. The highest BCUT2D eigenvalue weighted by Gasteiger charge is 2.46. The number of H-pyrrole nitrogens is 1. The maximum absolute atomic E-state index is 12.7. The van der Waals surface area contributed by atoms with E-state index in [2.05, 4.69) is 4.98 Å². The Morgan fingerprint density at radius 2 is 1.61 bits per heavy atom. The van der Waals surface area contributed by atoms with Gasteiger partial charge >= 0.3 is 5.51 Å². The number of aromatic amines is 1. The number of halogens is 3. The van der Waals surface area contributed by atoms with E-state index in [0.717, 1.165) is 24.3 Å². The van der Waals surface area contributed by atoms with Crippen LogP contribution in [0.3, 0.4) is 0 Å². The molecule has 0 radical (unpaired) electrons. The Morgan fingerprint density at radius 1 is 0.964 bits per heavy atom. The van der Waals surface area contributed by atoms with E-state index in [1.807, 2.05) is 0 Å². The highest BCUT2D eigenvalue weighted by Crippen LogP contribution is 2.33. The molecule has 0 bridgehead atoms. The van der Waals surface area contributed by atoms with Crippen LogP contribution in [-0.4, -0.2) is 33.1 Å². The fourth-order valence-corrected chi connectivity index (χ4v) is 3.46. The Balaban J connectivity index is 2.14. The minimum Gasteiger partial charge on any atom is -0.497 e. The van der Waals surface area contributed by atoms with E-state index in [0.29, 0.717) is 22.4 Å². The van der Waals surface area contributed by atoms with Crippen molar-refractivity contribution in [3.63, 3.8) is 0 Å². The number of rotatable bonds is 4. The summed E-state index contributed by atoms with van der Waals surface area (Å²) in [7, 11) is -2.56. The van der Waals surface area contributed by atoms with Gasteiger partial charge in [-0.15, -0.1) is 0 Å². The predicted octanol–water partition coefficient (Wildman–Crippen LogP) is 3.51. The number of aromatic nitrogens is 1. The number of benzene rings is 2. The lowest BCUT2D eigenvalue weighted by molar-refractivity contribution is -0.0436. The summed E-state index contributed by atoms with van der Waals surface area (Å²) in [6.07, 6.45) is 0. The molecule has 3 aromatic rings. The van der Waals surface area contributed by atoms with Crippen LogP contribution >= 0.6 is 0 Å². The topological polar surface area (TPSA) is 85.5 Å². The van der Waals surface area contributed by atoms with Crippen molar-refractivity contribution in [2.24, 2.45) is 0 Å². The van der Waals surface area contributed by atoms with Crippen molar-refractivity contribution in [1.29, 1.82) is 0 Å². The molecular formula is C18H14F3NO5S. The number of pyridine rings is 1. The zero-order chi connectivity index (χ0) is 20.7. The lowest BCUT2D eigenvalue weighted by Gasteiger charge is -2.11. The monoisotopic (exact) mass is 413 g/mol. The number of ether oxygens (including phenoxy) is 2. The first kappa shape index (κ1) is 19.7. The number of hydrogen-bond acceptors (Lipinski definition) is 5. The van der Waals surface area contributed by atoms with Gasteiger partial charge in [0.05, 0.1) is 24.6 Å². The average Bonchev–Trinajstić information content (AvgIpc) is 2.65. The molecule has 0 aliphatic rings. The molecule has 0 aliphatic carbocycles. The predicted molar refractivity (Wildman–Crippen MR) is 96.3 cm³/mol. The van der Waals surface area contributed by atoms with Gasteiger partial charge in [0.25, 0.3) is 15.4 Å². The molecule has 0 saturated heterocycles. The van der Waals surface area contributed by atoms with Gasteiger partial charge in [0.2, 0.25) is 0 Å². The second kappa shape index (κ2) is 6.86. The summed E-state index contributed by atoms with van der Waals surface area (Å²) in [5.41, 5.74) is -5.06. The normalized spacial score (nSPS) is 12.2.